The fourth-order valence-corrected chi connectivity index (χ4v) is 2.13. The van der Waals surface area contributed by atoms with E-state index in [1.807, 2.05) is 12.1 Å². The van der Waals surface area contributed by atoms with Gasteiger partial charge in [0.1, 0.15) is 21.7 Å². The van der Waals surface area contributed by atoms with Gasteiger partial charge in [0, 0.05) is 0 Å². The van der Waals surface area contributed by atoms with Crippen LogP contribution in [0.25, 0.3) is 0 Å². The van der Waals surface area contributed by atoms with Gasteiger partial charge in [-0.1, -0.05) is 11.8 Å². The van der Waals surface area contributed by atoms with Gasteiger partial charge in [0.15, 0.2) is 0 Å². The third-order valence-corrected chi connectivity index (χ3v) is 2.96. The highest BCUT2D eigenvalue weighted by atomic mass is 32.2. The van der Waals surface area contributed by atoms with E-state index < -0.39 is 0 Å². The van der Waals surface area contributed by atoms with Crippen LogP contribution in [-0.4, -0.2) is 22.0 Å². The Morgan fingerprint density at radius 3 is 2.53 bits per heavy atom. The molecule has 1 aromatic heterocycles. The Kier molecular flexibility index (Phi) is 4.22. The molecular weight excluding hydrogens is 230 g/mol. The number of nitrogens with zero attached hydrogens (tertiary/aromatic N) is 4. The molecule has 1 rings (SSSR count). The van der Waals surface area contributed by atoms with E-state index in [4.69, 9.17) is 16.3 Å². The van der Waals surface area contributed by atoms with Gasteiger partial charge in [-0.3, -0.25) is 0 Å². The van der Waals surface area contributed by atoms with Crippen molar-refractivity contribution in [2.45, 2.75) is 10.1 Å². The molecule has 1 aromatic rings. The number of anilines is 1. The maximum Gasteiger partial charge on any atom is 0.222 e. The van der Waals surface area contributed by atoms with E-state index >= 15 is 0 Å². The van der Waals surface area contributed by atoms with Crippen molar-refractivity contribution in [1.82, 2.24) is 9.97 Å². The smallest absolute Gasteiger partial charge is 0.222 e. The van der Waals surface area contributed by atoms with Gasteiger partial charge in [0.25, 0.3) is 0 Å². The van der Waals surface area contributed by atoms with Crippen molar-refractivity contribution >= 4 is 29.5 Å². The first-order valence-electron chi connectivity index (χ1n) is 3.84. The lowest BCUT2D eigenvalue weighted by atomic mass is 10.4. The first kappa shape index (κ1) is 11.6. The van der Waals surface area contributed by atoms with Gasteiger partial charge >= 0.3 is 0 Å². The molecule has 0 aliphatic carbocycles. The summed E-state index contributed by atoms with van der Waals surface area (Å²) >= 11 is 2.52. The summed E-state index contributed by atoms with van der Waals surface area (Å²) in [6, 6.07) is 3.99. The van der Waals surface area contributed by atoms with Crippen LogP contribution in [0.4, 0.5) is 5.95 Å². The quantitative estimate of drug-likeness (QED) is 0.624. The summed E-state index contributed by atoms with van der Waals surface area (Å²) < 4.78 is 0. The highest BCUT2D eigenvalue weighted by Crippen LogP contribution is 2.27. The van der Waals surface area contributed by atoms with Crippen molar-refractivity contribution in [2.75, 3.05) is 17.7 Å². The molecular formula is C8H7N5S2. The summed E-state index contributed by atoms with van der Waals surface area (Å²) in [7, 11) is 0. The second-order valence-corrected chi connectivity index (χ2v) is 4.09. The van der Waals surface area contributed by atoms with E-state index in [9.17, 15) is 0 Å². The van der Waals surface area contributed by atoms with E-state index in [2.05, 4.69) is 9.97 Å². The molecule has 0 saturated heterocycles. The normalized spacial score (nSPS) is 9.27. The minimum absolute atomic E-state index is 0.124. The van der Waals surface area contributed by atoms with Crippen LogP contribution < -0.4 is 5.73 Å². The van der Waals surface area contributed by atoms with Gasteiger partial charge in [0.05, 0.1) is 11.8 Å². The molecule has 0 bridgehead atoms. The Bertz CT molecular complexity index is 446. The van der Waals surface area contributed by atoms with Gasteiger partial charge in [-0.05, 0) is 6.26 Å². The van der Waals surface area contributed by atoms with Crippen LogP contribution >= 0.6 is 23.5 Å². The molecule has 5 nitrogen and oxygen atoms in total. The summed E-state index contributed by atoms with van der Waals surface area (Å²) in [5.41, 5.74) is 5.88. The molecule has 0 atom stereocenters. The number of rotatable bonds is 3. The minimum Gasteiger partial charge on any atom is -0.368 e. The largest absolute Gasteiger partial charge is 0.368 e. The lowest BCUT2D eigenvalue weighted by Crippen LogP contribution is -2.01. The van der Waals surface area contributed by atoms with Crippen LogP contribution in [0.3, 0.4) is 0 Å². The van der Waals surface area contributed by atoms with Gasteiger partial charge < -0.3 is 5.73 Å². The zero-order valence-corrected chi connectivity index (χ0v) is 9.52. The second kappa shape index (κ2) is 5.44. The molecule has 0 spiro atoms. The molecule has 76 valence electrons. The third-order valence-electron chi connectivity index (χ3n) is 1.44. The zero-order chi connectivity index (χ0) is 11.3. The fraction of sp³-hybridized carbons (Fsp3) is 0.250. The van der Waals surface area contributed by atoms with Crippen LogP contribution in [0, 0.1) is 22.7 Å². The topological polar surface area (TPSA) is 99.4 Å². The lowest BCUT2D eigenvalue weighted by molar-refractivity contribution is 0.962. The summed E-state index contributed by atoms with van der Waals surface area (Å²) in [5, 5.41) is 18.4. The standard InChI is InChI=1S/C8H7N5S2/c1-14-6-5(4-10)7(15-3-2-9)13-8(11)12-6/h3H2,1H3,(H2,11,12,13). The lowest BCUT2D eigenvalue weighted by Gasteiger charge is -2.04. The number of aromatic nitrogens is 2. The van der Waals surface area contributed by atoms with E-state index in [0.717, 1.165) is 0 Å². The highest BCUT2D eigenvalue weighted by molar-refractivity contribution is 8.00. The number of hydrogen-bond donors (Lipinski definition) is 1. The molecule has 0 amide bonds. The number of nitrogens with two attached hydrogens (primary N) is 1. The summed E-state index contributed by atoms with van der Waals surface area (Å²) in [6.45, 7) is 0. The molecule has 15 heavy (non-hydrogen) atoms. The molecule has 0 aromatic carbocycles. The Balaban J connectivity index is 3.19. The molecule has 0 aliphatic rings. The molecule has 0 fully saturated rings. The Morgan fingerprint density at radius 1 is 1.33 bits per heavy atom. The first-order chi connectivity index (χ1) is 7.22. The highest BCUT2D eigenvalue weighted by Gasteiger charge is 2.12. The van der Waals surface area contributed by atoms with Gasteiger partial charge in [-0.2, -0.15) is 10.5 Å². The van der Waals surface area contributed by atoms with Crippen LogP contribution in [0.2, 0.25) is 0 Å². The van der Waals surface area contributed by atoms with Gasteiger partial charge in [-0.25, -0.2) is 9.97 Å². The summed E-state index contributed by atoms with van der Waals surface area (Å²) in [6.07, 6.45) is 1.81. The van der Waals surface area contributed by atoms with Crippen LogP contribution in [0.5, 0.6) is 0 Å². The number of hydrogen-bond acceptors (Lipinski definition) is 7. The van der Waals surface area contributed by atoms with Crippen molar-refractivity contribution in [2.24, 2.45) is 0 Å². The molecule has 0 aliphatic heterocycles. The maximum atomic E-state index is 8.94. The van der Waals surface area contributed by atoms with Crippen molar-refractivity contribution in [3.63, 3.8) is 0 Å². The van der Waals surface area contributed by atoms with E-state index in [1.165, 1.54) is 23.5 Å². The van der Waals surface area contributed by atoms with Crippen molar-refractivity contribution < 1.29 is 0 Å². The van der Waals surface area contributed by atoms with Crippen LogP contribution in [0.1, 0.15) is 5.56 Å². The van der Waals surface area contributed by atoms with Crippen molar-refractivity contribution in [1.29, 1.82) is 10.5 Å². The second-order valence-electron chi connectivity index (χ2n) is 2.33. The first-order valence-corrected chi connectivity index (χ1v) is 6.05. The number of thioether (sulfide) groups is 2. The molecule has 7 heteroatoms. The van der Waals surface area contributed by atoms with Crippen LogP contribution in [-0.2, 0) is 0 Å². The van der Waals surface area contributed by atoms with E-state index in [-0.39, 0.29) is 11.7 Å². The molecule has 0 unspecified atom stereocenters. The zero-order valence-electron chi connectivity index (χ0n) is 7.89. The van der Waals surface area contributed by atoms with Gasteiger partial charge in [0.2, 0.25) is 5.95 Å². The monoisotopic (exact) mass is 237 g/mol. The molecule has 0 radical (unpaired) electrons. The van der Waals surface area contributed by atoms with Crippen molar-refractivity contribution in [3.05, 3.63) is 5.56 Å². The van der Waals surface area contributed by atoms with Gasteiger partial charge in [-0.15, -0.1) is 11.8 Å². The third kappa shape index (κ3) is 2.75. The minimum atomic E-state index is 0.124. The average Bonchev–Trinajstić information content (AvgIpc) is 2.25. The molecule has 2 N–H and O–H groups in total. The number of nitrogen functional groups attached to an aromatic ring is 1. The Hall–Kier alpha value is -1.44. The van der Waals surface area contributed by atoms with Crippen molar-refractivity contribution in [3.8, 4) is 12.1 Å². The maximum absolute atomic E-state index is 8.94. The van der Waals surface area contributed by atoms with E-state index in [0.29, 0.717) is 15.6 Å². The Labute approximate surface area is 95.7 Å². The predicted octanol–water partition coefficient (Wildman–Crippen LogP) is 1.27. The van der Waals surface area contributed by atoms with Crippen LogP contribution in [0.15, 0.2) is 10.1 Å². The average molecular weight is 237 g/mol. The number of nitriles is 2. The summed E-state index contributed by atoms with van der Waals surface area (Å²) in [5.74, 6) is 0.359. The Morgan fingerprint density at radius 2 is 2.00 bits per heavy atom. The SMILES string of the molecule is CSc1nc(N)nc(SCC#N)c1C#N. The molecule has 0 saturated carbocycles. The van der Waals surface area contributed by atoms with E-state index in [1.54, 1.807) is 6.26 Å². The predicted molar refractivity (Wildman–Crippen MR) is 59.3 cm³/mol. The summed E-state index contributed by atoms with van der Waals surface area (Å²) in [4.78, 5) is 7.87. The fourth-order valence-electron chi connectivity index (χ4n) is 0.885. The molecule has 1 heterocycles.